The van der Waals surface area contributed by atoms with Crippen molar-refractivity contribution in [3.05, 3.63) is 35.9 Å². The van der Waals surface area contributed by atoms with Gasteiger partial charge in [0.05, 0.1) is 6.61 Å². The molecular weight excluding hydrogens is 286 g/mol. The predicted molar refractivity (Wildman–Crippen MR) is 98.8 cm³/mol. The van der Waals surface area contributed by atoms with Crippen LogP contribution >= 0.6 is 0 Å². The maximum Gasteiger partial charge on any atom is 0.190 e. The van der Waals surface area contributed by atoms with E-state index in [9.17, 15) is 0 Å². The predicted octanol–water partition coefficient (Wildman–Crippen LogP) is 3.58. The summed E-state index contributed by atoms with van der Waals surface area (Å²) in [5.74, 6) is 1.63. The Labute approximate surface area is 141 Å². The molecule has 0 amide bonds. The average molecular weight is 319 g/mol. The Morgan fingerprint density at radius 1 is 1.09 bits per heavy atom. The molecule has 0 spiro atoms. The van der Waals surface area contributed by atoms with Gasteiger partial charge < -0.3 is 15.4 Å². The van der Waals surface area contributed by atoms with Crippen molar-refractivity contribution in [2.75, 3.05) is 26.7 Å². The van der Waals surface area contributed by atoms with Crippen molar-refractivity contribution in [2.24, 2.45) is 10.9 Å². The number of hydrogen-bond acceptors (Lipinski definition) is 2. The lowest BCUT2D eigenvalue weighted by molar-refractivity contribution is 0.117. The number of nitrogens with zero attached hydrogens (tertiary/aromatic N) is 1. The third kappa shape index (κ3) is 9.24. The molecular formula is C19H33N3O. The van der Waals surface area contributed by atoms with E-state index in [1.165, 1.54) is 18.4 Å². The highest BCUT2D eigenvalue weighted by molar-refractivity contribution is 5.79. The average Bonchev–Trinajstić information content (AvgIpc) is 2.60. The number of rotatable bonds is 11. The molecule has 0 aliphatic rings. The van der Waals surface area contributed by atoms with E-state index in [0.717, 1.165) is 44.4 Å². The quantitative estimate of drug-likeness (QED) is 0.372. The van der Waals surface area contributed by atoms with Crippen LogP contribution in [0.1, 0.15) is 45.1 Å². The Kier molecular flexibility index (Phi) is 11.0. The van der Waals surface area contributed by atoms with Crippen LogP contribution in [0.5, 0.6) is 0 Å². The van der Waals surface area contributed by atoms with Crippen LogP contribution in [0.15, 0.2) is 35.3 Å². The minimum absolute atomic E-state index is 0.701. The molecule has 0 saturated heterocycles. The SMILES string of the molecule is CCC(CC)CNC(=NC)NCCCCOCc1ccccc1. The smallest absolute Gasteiger partial charge is 0.190 e. The number of aliphatic imine (C=N–C) groups is 1. The Balaban J connectivity index is 2.02. The fourth-order valence-electron chi connectivity index (χ4n) is 2.34. The summed E-state index contributed by atoms with van der Waals surface area (Å²) in [4.78, 5) is 4.27. The molecule has 4 nitrogen and oxygen atoms in total. The van der Waals surface area contributed by atoms with Gasteiger partial charge in [-0.1, -0.05) is 57.0 Å². The van der Waals surface area contributed by atoms with Crippen molar-refractivity contribution in [1.29, 1.82) is 0 Å². The minimum atomic E-state index is 0.701. The second-order valence-electron chi connectivity index (χ2n) is 5.81. The van der Waals surface area contributed by atoms with E-state index < -0.39 is 0 Å². The molecule has 1 aromatic rings. The molecule has 0 radical (unpaired) electrons. The van der Waals surface area contributed by atoms with Crippen molar-refractivity contribution < 1.29 is 4.74 Å². The zero-order valence-electron chi connectivity index (χ0n) is 15.0. The molecule has 2 N–H and O–H groups in total. The zero-order valence-corrected chi connectivity index (χ0v) is 15.0. The zero-order chi connectivity index (χ0) is 16.8. The van der Waals surface area contributed by atoms with Gasteiger partial charge in [-0.3, -0.25) is 4.99 Å². The molecule has 0 saturated carbocycles. The second-order valence-corrected chi connectivity index (χ2v) is 5.81. The van der Waals surface area contributed by atoms with Crippen LogP contribution in [0.3, 0.4) is 0 Å². The second kappa shape index (κ2) is 12.9. The van der Waals surface area contributed by atoms with Gasteiger partial charge in [-0.15, -0.1) is 0 Å². The molecule has 23 heavy (non-hydrogen) atoms. The molecule has 0 aliphatic heterocycles. The summed E-state index contributed by atoms with van der Waals surface area (Å²) in [6, 6.07) is 10.3. The van der Waals surface area contributed by atoms with Gasteiger partial charge in [0.25, 0.3) is 0 Å². The summed E-state index contributed by atoms with van der Waals surface area (Å²) >= 11 is 0. The van der Waals surface area contributed by atoms with Gasteiger partial charge in [0.2, 0.25) is 0 Å². The van der Waals surface area contributed by atoms with Crippen LogP contribution < -0.4 is 10.6 Å². The Bertz CT molecular complexity index is 416. The van der Waals surface area contributed by atoms with E-state index in [-0.39, 0.29) is 0 Å². The summed E-state index contributed by atoms with van der Waals surface area (Å²) in [5.41, 5.74) is 1.23. The summed E-state index contributed by atoms with van der Waals surface area (Å²) < 4.78 is 5.69. The molecule has 1 rings (SSSR count). The molecule has 130 valence electrons. The van der Waals surface area contributed by atoms with E-state index >= 15 is 0 Å². The number of unbranched alkanes of at least 4 members (excludes halogenated alkanes) is 1. The molecule has 0 bridgehead atoms. The normalized spacial score (nSPS) is 11.7. The van der Waals surface area contributed by atoms with E-state index in [1.807, 2.05) is 25.2 Å². The largest absolute Gasteiger partial charge is 0.377 e. The van der Waals surface area contributed by atoms with Gasteiger partial charge in [0, 0.05) is 26.7 Å². The number of benzene rings is 1. The van der Waals surface area contributed by atoms with E-state index in [1.54, 1.807) is 0 Å². The Hall–Kier alpha value is -1.55. The number of guanidine groups is 1. The van der Waals surface area contributed by atoms with Crippen molar-refractivity contribution >= 4 is 5.96 Å². The van der Waals surface area contributed by atoms with Crippen molar-refractivity contribution in [3.63, 3.8) is 0 Å². The van der Waals surface area contributed by atoms with Crippen LogP contribution in [0.4, 0.5) is 0 Å². The van der Waals surface area contributed by atoms with Crippen molar-refractivity contribution in [2.45, 2.75) is 46.1 Å². The molecule has 4 heteroatoms. The third-order valence-corrected chi connectivity index (χ3v) is 4.06. The van der Waals surface area contributed by atoms with Crippen molar-refractivity contribution in [3.8, 4) is 0 Å². The monoisotopic (exact) mass is 319 g/mol. The van der Waals surface area contributed by atoms with Crippen LogP contribution in [-0.2, 0) is 11.3 Å². The first-order valence-corrected chi connectivity index (χ1v) is 8.86. The molecule has 0 fully saturated rings. The maximum absolute atomic E-state index is 5.69. The highest BCUT2D eigenvalue weighted by atomic mass is 16.5. The first kappa shape index (κ1) is 19.5. The molecule has 0 aliphatic carbocycles. The Morgan fingerprint density at radius 3 is 2.48 bits per heavy atom. The van der Waals surface area contributed by atoms with Crippen LogP contribution in [0, 0.1) is 5.92 Å². The minimum Gasteiger partial charge on any atom is -0.377 e. The van der Waals surface area contributed by atoms with Gasteiger partial charge >= 0.3 is 0 Å². The van der Waals surface area contributed by atoms with Crippen LogP contribution in [0.2, 0.25) is 0 Å². The topological polar surface area (TPSA) is 45.7 Å². The lowest BCUT2D eigenvalue weighted by Crippen LogP contribution is -2.40. The van der Waals surface area contributed by atoms with Crippen LogP contribution in [-0.4, -0.2) is 32.7 Å². The molecule has 0 aromatic heterocycles. The highest BCUT2D eigenvalue weighted by Gasteiger charge is 2.04. The summed E-state index contributed by atoms with van der Waals surface area (Å²) in [7, 11) is 1.82. The maximum atomic E-state index is 5.69. The molecule has 0 unspecified atom stereocenters. The van der Waals surface area contributed by atoms with Crippen LogP contribution in [0.25, 0.3) is 0 Å². The van der Waals surface area contributed by atoms with E-state index in [0.29, 0.717) is 6.61 Å². The van der Waals surface area contributed by atoms with Gasteiger partial charge in [0.1, 0.15) is 0 Å². The van der Waals surface area contributed by atoms with Gasteiger partial charge in [-0.25, -0.2) is 0 Å². The molecule has 0 atom stereocenters. The third-order valence-electron chi connectivity index (χ3n) is 4.06. The lowest BCUT2D eigenvalue weighted by atomic mass is 10.0. The fraction of sp³-hybridized carbons (Fsp3) is 0.632. The summed E-state index contributed by atoms with van der Waals surface area (Å²) in [5, 5.41) is 6.77. The van der Waals surface area contributed by atoms with Gasteiger partial charge in [-0.2, -0.15) is 0 Å². The van der Waals surface area contributed by atoms with Gasteiger partial charge in [-0.05, 0) is 24.3 Å². The standard InChI is InChI=1S/C19H33N3O/c1-4-17(5-2)15-22-19(20-3)21-13-9-10-14-23-16-18-11-7-6-8-12-18/h6-8,11-12,17H,4-5,9-10,13-16H2,1-3H3,(H2,20,21,22). The number of hydrogen-bond donors (Lipinski definition) is 2. The Morgan fingerprint density at radius 2 is 1.83 bits per heavy atom. The lowest BCUT2D eigenvalue weighted by Gasteiger charge is -2.16. The molecule has 0 heterocycles. The van der Waals surface area contributed by atoms with Gasteiger partial charge in [0.15, 0.2) is 5.96 Å². The van der Waals surface area contributed by atoms with E-state index in [4.69, 9.17) is 4.74 Å². The first-order valence-electron chi connectivity index (χ1n) is 8.86. The number of ether oxygens (including phenoxy) is 1. The molecule has 1 aromatic carbocycles. The van der Waals surface area contributed by atoms with E-state index in [2.05, 4.69) is 41.6 Å². The first-order chi connectivity index (χ1) is 11.3. The summed E-state index contributed by atoms with van der Waals surface area (Å²) in [6.45, 7) is 7.90. The summed E-state index contributed by atoms with van der Waals surface area (Å²) in [6.07, 6.45) is 4.56. The fourth-order valence-corrected chi connectivity index (χ4v) is 2.34. The highest BCUT2D eigenvalue weighted by Crippen LogP contribution is 2.04. The van der Waals surface area contributed by atoms with Crippen molar-refractivity contribution in [1.82, 2.24) is 10.6 Å². The number of nitrogens with one attached hydrogen (secondary N) is 2.